The maximum absolute atomic E-state index is 13.0. The van der Waals surface area contributed by atoms with E-state index in [2.05, 4.69) is 26.3 Å². The number of aromatic amines is 1. The fourth-order valence-corrected chi connectivity index (χ4v) is 3.96. The average Bonchev–Trinajstić information content (AvgIpc) is 3.40. The van der Waals surface area contributed by atoms with Crippen LogP contribution in [-0.4, -0.2) is 64.3 Å². The van der Waals surface area contributed by atoms with Crippen LogP contribution in [0.25, 0.3) is 11.0 Å². The van der Waals surface area contributed by atoms with Crippen molar-refractivity contribution in [2.24, 2.45) is 0 Å². The van der Waals surface area contributed by atoms with Crippen LogP contribution in [0.3, 0.4) is 0 Å². The molecule has 10 nitrogen and oxygen atoms in total. The van der Waals surface area contributed by atoms with Crippen molar-refractivity contribution in [3.63, 3.8) is 0 Å². The predicted octanol–water partition coefficient (Wildman–Crippen LogP) is 3.37. The third kappa shape index (κ3) is 4.22. The molecule has 3 heterocycles. The van der Waals surface area contributed by atoms with Gasteiger partial charge in [0.25, 0.3) is 5.91 Å². The van der Waals surface area contributed by atoms with Gasteiger partial charge in [0.1, 0.15) is 23.1 Å². The third-order valence-corrected chi connectivity index (χ3v) is 6.14. The number of morpholine rings is 1. The number of aromatic nitrogens is 3. The van der Waals surface area contributed by atoms with Crippen LogP contribution in [0.2, 0.25) is 0 Å². The summed E-state index contributed by atoms with van der Waals surface area (Å²) < 4.78 is 17.2. The molecular weight excluding hydrogens is 436 g/mol. The topological polar surface area (TPSA) is 125 Å². The van der Waals surface area contributed by atoms with Crippen LogP contribution in [-0.2, 0) is 4.74 Å². The number of nitriles is 1. The molecule has 2 aromatic heterocycles. The normalized spacial score (nSPS) is 18.9. The van der Waals surface area contributed by atoms with Crippen molar-refractivity contribution < 1.29 is 19.0 Å². The average molecular weight is 463 g/mol. The van der Waals surface area contributed by atoms with Crippen LogP contribution in [0, 0.1) is 11.3 Å². The van der Waals surface area contributed by atoms with Gasteiger partial charge in [0.15, 0.2) is 0 Å². The molecule has 1 atom stereocenters. The van der Waals surface area contributed by atoms with Crippen molar-refractivity contribution in [2.75, 3.05) is 32.1 Å². The van der Waals surface area contributed by atoms with Gasteiger partial charge >= 0.3 is 0 Å². The zero-order valence-electron chi connectivity index (χ0n) is 19.3. The first-order chi connectivity index (χ1) is 16.4. The summed E-state index contributed by atoms with van der Waals surface area (Å²) in [4.78, 5) is 26.8. The number of hydrogen-bond acceptors (Lipinski definition) is 8. The monoisotopic (exact) mass is 462 g/mol. The second-order valence-corrected chi connectivity index (χ2v) is 8.91. The number of carbonyl (C=O) groups excluding carboxylic acids is 1. The SMILES string of the molecule is COc1cc(C(=O)N2CCO[C@H](C)C2)ccc1Nc1nc(OC2(C)CC2)c2c(C#N)c[nH]c2n1. The van der Waals surface area contributed by atoms with Gasteiger partial charge in [0.2, 0.25) is 11.8 Å². The second-order valence-electron chi connectivity index (χ2n) is 8.91. The maximum atomic E-state index is 13.0. The lowest BCUT2D eigenvalue weighted by atomic mass is 10.1. The first-order valence-electron chi connectivity index (χ1n) is 11.2. The molecule has 1 aliphatic carbocycles. The molecule has 0 spiro atoms. The number of benzene rings is 1. The first kappa shape index (κ1) is 22.0. The minimum atomic E-state index is -0.279. The van der Waals surface area contributed by atoms with Gasteiger partial charge < -0.3 is 29.4 Å². The van der Waals surface area contributed by atoms with E-state index < -0.39 is 0 Å². The lowest BCUT2D eigenvalue weighted by Crippen LogP contribution is -2.44. The number of amides is 1. The molecule has 1 amide bonds. The summed E-state index contributed by atoms with van der Waals surface area (Å²) in [5.74, 6) is 1.06. The standard InChI is InChI=1S/C24H26N6O4/c1-14-13-30(8-9-33-14)22(31)15-4-5-17(18(10-15)32-3)27-23-28-20-19(16(11-25)12-26-20)21(29-23)34-24(2)6-7-24/h4-5,10,12,14H,6-9,13H2,1-3H3,(H2,26,27,28,29)/t14-/m1/s1. The fraction of sp³-hybridized carbons (Fsp3) is 0.417. The molecule has 1 aromatic carbocycles. The molecule has 2 aliphatic rings. The maximum Gasteiger partial charge on any atom is 0.254 e. The van der Waals surface area contributed by atoms with Crippen LogP contribution in [0.15, 0.2) is 24.4 Å². The number of nitrogens with one attached hydrogen (secondary N) is 2. The molecule has 0 radical (unpaired) electrons. The molecule has 2 fully saturated rings. The Bertz CT molecular complexity index is 1290. The van der Waals surface area contributed by atoms with E-state index in [0.717, 1.165) is 12.8 Å². The molecule has 10 heteroatoms. The van der Waals surface area contributed by atoms with Crippen molar-refractivity contribution >= 4 is 28.6 Å². The Morgan fingerprint density at radius 2 is 2.21 bits per heavy atom. The fourth-order valence-electron chi connectivity index (χ4n) is 3.96. The number of rotatable bonds is 6. The minimum absolute atomic E-state index is 0.0106. The minimum Gasteiger partial charge on any atom is -0.495 e. The lowest BCUT2D eigenvalue weighted by Gasteiger charge is -2.31. The van der Waals surface area contributed by atoms with E-state index in [1.165, 1.54) is 0 Å². The van der Waals surface area contributed by atoms with Crippen LogP contribution >= 0.6 is 0 Å². The van der Waals surface area contributed by atoms with Crippen molar-refractivity contribution in [2.45, 2.75) is 38.4 Å². The number of H-pyrrole nitrogens is 1. The summed E-state index contributed by atoms with van der Waals surface area (Å²) in [6.45, 7) is 5.61. The van der Waals surface area contributed by atoms with E-state index in [4.69, 9.17) is 14.2 Å². The highest BCUT2D eigenvalue weighted by Gasteiger charge is 2.41. The summed E-state index contributed by atoms with van der Waals surface area (Å²) >= 11 is 0. The summed E-state index contributed by atoms with van der Waals surface area (Å²) in [7, 11) is 1.54. The Kier molecular flexibility index (Phi) is 5.49. The zero-order chi connectivity index (χ0) is 23.9. The van der Waals surface area contributed by atoms with E-state index in [-0.39, 0.29) is 23.6 Å². The molecule has 2 N–H and O–H groups in total. The van der Waals surface area contributed by atoms with Gasteiger partial charge in [-0.05, 0) is 44.9 Å². The van der Waals surface area contributed by atoms with Gasteiger partial charge in [-0.25, -0.2) is 0 Å². The largest absolute Gasteiger partial charge is 0.495 e. The molecular formula is C24H26N6O4. The van der Waals surface area contributed by atoms with Gasteiger partial charge in [-0.1, -0.05) is 0 Å². The molecule has 176 valence electrons. The molecule has 34 heavy (non-hydrogen) atoms. The van der Waals surface area contributed by atoms with Gasteiger partial charge in [0, 0.05) is 24.8 Å². The zero-order valence-corrected chi connectivity index (χ0v) is 19.3. The van der Waals surface area contributed by atoms with Crippen LogP contribution in [0.4, 0.5) is 11.6 Å². The summed E-state index contributed by atoms with van der Waals surface area (Å²) in [5, 5.41) is 13.2. The highest BCUT2D eigenvalue weighted by Crippen LogP contribution is 2.41. The van der Waals surface area contributed by atoms with E-state index in [1.54, 1.807) is 36.4 Å². The van der Waals surface area contributed by atoms with Crippen LogP contribution in [0.1, 0.15) is 42.6 Å². The Morgan fingerprint density at radius 1 is 1.38 bits per heavy atom. The van der Waals surface area contributed by atoms with Gasteiger partial charge in [-0.15, -0.1) is 0 Å². The van der Waals surface area contributed by atoms with Gasteiger partial charge in [-0.3, -0.25) is 4.79 Å². The molecule has 1 saturated heterocycles. The van der Waals surface area contributed by atoms with E-state index in [9.17, 15) is 10.1 Å². The Morgan fingerprint density at radius 3 is 2.91 bits per heavy atom. The number of ether oxygens (including phenoxy) is 3. The number of anilines is 2. The number of fused-ring (bicyclic) bond motifs is 1. The molecule has 1 aliphatic heterocycles. The quantitative estimate of drug-likeness (QED) is 0.571. The highest BCUT2D eigenvalue weighted by atomic mass is 16.5. The lowest BCUT2D eigenvalue weighted by molar-refractivity contribution is -0.0124. The smallest absolute Gasteiger partial charge is 0.254 e. The van der Waals surface area contributed by atoms with Crippen molar-refractivity contribution in [1.29, 1.82) is 5.26 Å². The second kappa shape index (κ2) is 8.50. The molecule has 3 aromatic rings. The summed E-state index contributed by atoms with van der Waals surface area (Å²) in [5.41, 5.74) is 1.78. The van der Waals surface area contributed by atoms with E-state index >= 15 is 0 Å². The van der Waals surface area contributed by atoms with E-state index in [1.807, 2.05) is 13.8 Å². The van der Waals surface area contributed by atoms with Crippen LogP contribution in [0.5, 0.6) is 11.6 Å². The summed E-state index contributed by atoms with van der Waals surface area (Å²) in [6, 6.07) is 7.37. The number of hydrogen-bond donors (Lipinski definition) is 2. The third-order valence-electron chi connectivity index (χ3n) is 6.14. The predicted molar refractivity (Wildman–Crippen MR) is 124 cm³/mol. The van der Waals surface area contributed by atoms with Gasteiger partial charge in [-0.2, -0.15) is 15.2 Å². The molecule has 0 unspecified atom stereocenters. The number of nitrogens with zero attached hydrogens (tertiary/aromatic N) is 4. The Labute approximate surface area is 196 Å². The molecule has 1 saturated carbocycles. The van der Waals surface area contributed by atoms with E-state index in [0.29, 0.717) is 59.2 Å². The van der Waals surface area contributed by atoms with Crippen molar-refractivity contribution in [3.8, 4) is 17.7 Å². The van der Waals surface area contributed by atoms with Gasteiger partial charge in [0.05, 0.1) is 36.5 Å². The summed E-state index contributed by atoms with van der Waals surface area (Å²) in [6.07, 6.45) is 3.47. The first-order valence-corrected chi connectivity index (χ1v) is 11.2. The molecule has 0 bridgehead atoms. The Hall–Kier alpha value is -3.84. The van der Waals surface area contributed by atoms with Crippen molar-refractivity contribution in [1.82, 2.24) is 19.9 Å². The highest BCUT2D eigenvalue weighted by molar-refractivity contribution is 5.95. The molecule has 5 rings (SSSR count). The van der Waals surface area contributed by atoms with Crippen LogP contribution < -0.4 is 14.8 Å². The number of carbonyl (C=O) groups is 1. The Balaban J connectivity index is 1.44. The van der Waals surface area contributed by atoms with Crippen molar-refractivity contribution in [3.05, 3.63) is 35.5 Å². The number of methoxy groups -OCH3 is 1.